The number of thiophene rings is 1. The van der Waals surface area contributed by atoms with Crippen molar-refractivity contribution in [3.63, 3.8) is 0 Å². The maximum atomic E-state index is 12.0. The number of hydrogen-bond acceptors (Lipinski definition) is 4. The minimum absolute atomic E-state index is 0.0410. The molecule has 0 radical (unpaired) electrons. The first kappa shape index (κ1) is 15.6. The minimum atomic E-state index is -3.58. The fourth-order valence-corrected chi connectivity index (χ4v) is 4.82. The largest absolute Gasteiger partial charge is 0.359 e. The van der Waals surface area contributed by atoms with Crippen molar-refractivity contribution in [2.45, 2.75) is 18.1 Å². The Balaban J connectivity index is 2.81. The topological polar surface area (TPSA) is 75.3 Å². The highest BCUT2D eigenvalue weighted by Gasteiger charge is 2.29. The molecule has 0 saturated heterocycles. The van der Waals surface area contributed by atoms with E-state index in [-0.39, 0.29) is 16.7 Å². The van der Waals surface area contributed by atoms with E-state index >= 15 is 0 Å². The van der Waals surface area contributed by atoms with Crippen molar-refractivity contribution in [2.24, 2.45) is 5.41 Å². The predicted molar refractivity (Wildman–Crippen MR) is 75.1 cm³/mol. The van der Waals surface area contributed by atoms with E-state index in [1.165, 1.54) is 7.05 Å². The lowest BCUT2D eigenvalue weighted by molar-refractivity contribution is -0.128. The Kier molecular flexibility index (Phi) is 4.93. The summed E-state index contributed by atoms with van der Waals surface area (Å²) >= 11 is 4.30. The molecule has 0 bridgehead atoms. The molecule has 1 aromatic heterocycles. The quantitative estimate of drug-likeness (QED) is 0.842. The van der Waals surface area contributed by atoms with Gasteiger partial charge in [-0.25, -0.2) is 13.1 Å². The van der Waals surface area contributed by atoms with E-state index in [0.717, 1.165) is 11.3 Å². The molecule has 1 amide bonds. The van der Waals surface area contributed by atoms with Crippen LogP contribution in [0.3, 0.4) is 0 Å². The van der Waals surface area contributed by atoms with Crippen LogP contribution in [0.15, 0.2) is 20.1 Å². The predicted octanol–water partition coefficient (Wildman–Crippen LogP) is 1.56. The van der Waals surface area contributed by atoms with Crippen molar-refractivity contribution < 1.29 is 13.2 Å². The fraction of sp³-hybridized carbons (Fsp3) is 0.500. The highest BCUT2D eigenvalue weighted by Crippen LogP contribution is 2.27. The van der Waals surface area contributed by atoms with Gasteiger partial charge in [0.2, 0.25) is 5.91 Å². The van der Waals surface area contributed by atoms with Gasteiger partial charge in [-0.2, -0.15) is 0 Å². The lowest BCUT2D eigenvalue weighted by atomic mass is 9.93. The summed E-state index contributed by atoms with van der Waals surface area (Å²) in [6, 6.07) is 1.67. The van der Waals surface area contributed by atoms with E-state index in [1.807, 2.05) is 0 Å². The molecule has 1 heterocycles. The molecule has 5 nitrogen and oxygen atoms in total. The Bertz CT molecular complexity index is 537. The van der Waals surface area contributed by atoms with Crippen LogP contribution in [0.25, 0.3) is 0 Å². The van der Waals surface area contributed by atoms with E-state index < -0.39 is 15.4 Å². The molecule has 0 unspecified atom stereocenters. The monoisotopic (exact) mass is 354 g/mol. The smallest absolute Gasteiger partial charge is 0.251 e. The Morgan fingerprint density at radius 3 is 2.56 bits per heavy atom. The molecule has 1 rings (SSSR count). The Morgan fingerprint density at radius 2 is 2.11 bits per heavy atom. The summed E-state index contributed by atoms with van der Waals surface area (Å²) in [5.74, 6) is -0.213. The van der Waals surface area contributed by atoms with Crippen molar-refractivity contribution in [3.8, 4) is 0 Å². The number of hydrogen-bond donors (Lipinski definition) is 2. The second kappa shape index (κ2) is 5.68. The zero-order valence-electron chi connectivity index (χ0n) is 10.3. The molecule has 2 N–H and O–H groups in total. The number of halogens is 1. The molecule has 0 saturated carbocycles. The third-order valence-electron chi connectivity index (χ3n) is 2.37. The molecule has 0 aromatic carbocycles. The molecule has 0 fully saturated rings. The Hall–Kier alpha value is -0.440. The molecule has 0 aliphatic carbocycles. The highest BCUT2D eigenvalue weighted by molar-refractivity contribution is 9.10. The van der Waals surface area contributed by atoms with Crippen molar-refractivity contribution in [1.29, 1.82) is 0 Å². The fourth-order valence-electron chi connectivity index (χ4n) is 1.23. The molecule has 8 heteroatoms. The zero-order valence-corrected chi connectivity index (χ0v) is 13.5. The molecule has 0 atom stereocenters. The minimum Gasteiger partial charge on any atom is -0.359 e. The van der Waals surface area contributed by atoms with Crippen molar-refractivity contribution in [1.82, 2.24) is 10.0 Å². The molecular weight excluding hydrogens is 340 g/mol. The van der Waals surface area contributed by atoms with Crippen molar-refractivity contribution in [3.05, 3.63) is 15.9 Å². The van der Waals surface area contributed by atoms with E-state index in [0.29, 0.717) is 4.47 Å². The lowest BCUT2D eigenvalue weighted by Crippen LogP contribution is -2.43. The van der Waals surface area contributed by atoms with Gasteiger partial charge >= 0.3 is 0 Å². The van der Waals surface area contributed by atoms with Crippen LogP contribution in [0.1, 0.15) is 13.8 Å². The summed E-state index contributed by atoms with van der Waals surface area (Å²) in [5.41, 5.74) is -0.800. The van der Waals surface area contributed by atoms with Gasteiger partial charge in [0, 0.05) is 18.1 Å². The van der Waals surface area contributed by atoms with Gasteiger partial charge in [-0.3, -0.25) is 4.79 Å². The Labute approximate surface area is 119 Å². The maximum absolute atomic E-state index is 12.0. The maximum Gasteiger partial charge on any atom is 0.251 e. The van der Waals surface area contributed by atoms with Gasteiger partial charge in [0.15, 0.2) is 0 Å². The van der Waals surface area contributed by atoms with Crippen LogP contribution >= 0.6 is 27.3 Å². The van der Waals surface area contributed by atoms with Crippen LogP contribution in [0.2, 0.25) is 0 Å². The van der Waals surface area contributed by atoms with E-state index in [4.69, 9.17) is 0 Å². The van der Waals surface area contributed by atoms with E-state index in [2.05, 4.69) is 26.0 Å². The molecule has 18 heavy (non-hydrogen) atoms. The SMILES string of the molecule is CNC(=O)C(C)(C)CNS(=O)(=O)c1sccc1Br. The summed E-state index contributed by atoms with van der Waals surface area (Å²) < 4.78 is 27.2. The molecule has 1 aromatic rings. The lowest BCUT2D eigenvalue weighted by Gasteiger charge is -2.22. The van der Waals surface area contributed by atoms with Crippen LogP contribution < -0.4 is 10.0 Å². The van der Waals surface area contributed by atoms with Crippen LogP contribution in [0, 0.1) is 5.41 Å². The number of carbonyl (C=O) groups is 1. The first-order valence-corrected chi connectivity index (χ1v) is 8.31. The average molecular weight is 355 g/mol. The number of nitrogens with one attached hydrogen (secondary N) is 2. The van der Waals surface area contributed by atoms with Crippen LogP contribution in [0.5, 0.6) is 0 Å². The second-order valence-electron chi connectivity index (χ2n) is 4.34. The Morgan fingerprint density at radius 1 is 1.50 bits per heavy atom. The third kappa shape index (κ3) is 3.53. The van der Waals surface area contributed by atoms with Gasteiger partial charge in [-0.05, 0) is 41.2 Å². The molecular formula is C10H15BrN2O3S2. The van der Waals surface area contributed by atoms with Gasteiger partial charge in [0.1, 0.15) is 4.21 Å². The number of carbonyl (C=O) groups excluding carboxylic acids is 1. The van der Waals surface area contributed by atoms with Gasteiger partial charge < -0.3 is 5.32 Å². The summed E-state index contributed by atoms with van der Waals surface area (Å²) in [7, 11) is -2.06. The van der Waals surface area contributed by atoms with Gasteiger partial charge in [-0.15, -0.1) is 11.3 Å². The summed E-state index contributed by atoms with van der Waals surface area (Å²) in [6.45, 7) is 3.40. The first-order chi connectivity index (χ1) is 8.20. The average Bonchev–Trinajstić information content (AvgIpc) is 2.73. The van der Waals surface area contributed by atoms with E-state index in [1.54, 1.807) is 25.3 Å². The van der Waals surface area contributed by atoms with Crippen LogP contribution in [0.4, 0.5) is 0 Å². The van der Waals surface area contributed by atoms with Crippen LogP contribution in [-0.2, 0) is 14.8 Å². The molecule has 0 aliphatic heterocycles. The van der Waals surface area contributed by atoms with Gasteiger partial charge in [0.05, 0.1) is 5.41 Å². The highest BCUT2D eigenvalue weighted by atomic mass is 79.9. The summed E-state index contributed by atoms with van der Waals surface area (Å²) in [5, 5.41) is 4.19. The standard InChI is InChI=1S/C10H15BrN2O3S2/c1-10(2,9(14)12-3)6-13-18(15,16)8-7(11)4-5-17-8/h4-5,13H,6H2,1-3H3,(H,12,14). The van der Waals surface area contributed by atoms with Crippen molar-refractivity contribution >= 4 is 43.2 Å². The second-order valence-corrected chi connectivity index (χ2v) is 8.08. The van der Waals surface area contributed by atoms with Crippen LogP contribution in [-0.4, -0.2) is 27.9 Å². The normalized spacial score (nSPS) is 12.4. The number of amides is 1. The first-order valence-electron chi connectivity index (χ1n) is 5.15. The molecule has 0 aliphatic rings. The summed E-state index contributed by atoms with van der Waals surface area (Å²) in [4.78, 5) is 11.6. The van der Waals surface area contributed by atoms with E-state index in [9.17, 15) is 13.2 Å². The number of rotatable bonds is 5. The van der Waals surface area contributed by atoms with Crippen molar-refractivity contribution in [2.75, 3.05) is 13.6 Å². The van der Waals surface area contributed by atoms with Gasteiger partial charge in [0.25, 0.3) is 10.0 Å². The molecule has 0 spiro atoms. The number of sulfonamides is 1. The molecule has 102 valence electrons. The third-order valence-corrected chi connectivity index (χ3v) is 6.45. The van der Waals surface area contributed by atoms with Gasteiger partial charge in [-0.1, -0.05) is 0 Å². The zero-order chi connectivity index (χ0) is 14.0. The summed E-state index contributed by atoms with van der Waals surface area (Å²) in [6.07, 6.45) is 0.